The van der Waals surface area contributed by atoms with Crippen LogP contribution in [-0.2, 0) is 4.79 Å². The number of nitrogens with zero attached hydrogens (tertiary/aromatic N) is 4. The minimum atomic E-state index is -4.81. The third-order valence-corrected chi connectivity index (χ3v) is 4.91. The number of rotatable bonds is 4. The molecule has 6 nitrogen and oxygen atoms in total. The molecule has 156 valence electrons. The van der Waals surface area contributed by atoms with Gasteiger partial charge in [0.1, 0.15) is 0 Å². The summed E-state index contributed by atoms with van der Waals surface area (Å²) in [4.78, 5) is 23.8. The lowest BCUT2D eigenvalue weighted by molar-refractivity contribution is -0.207. The molecule has 1 aliphatic rings. The van der Waals surface area contributed by atoms with Crippen molar-refractivity contribution in [3.05, 3.63) is 48.0 Å². The Morgan fingerprint density at radius 2 is 1.77 bits per heavy atom. The van der Waals surface area contributed by atoms with Gasteiger partial charge in [0.2, 0.25) is 0 Å². The largest absolute Gasteiger partial charge is 0.420 e. The van der Waals surface area contributed by atoms with Crippen LogP contribution in [0.15, 0.2) is 36.8 Å². The molecule has 30 heavy (non-hydrogen) atoms. The molecule has 0 saturated heterocycles. The lowest BCUT2D eigenvalue weighted by Gasteiger charge is -2.15. The first-order chi connectivity index (χ1) is 14.1. The van der Waals surface area contributed by atoms with Gasteiger partial charge in [-0.05, 0) is 43.5 Å². The summed E-state index contributed by atoms with van der Waals surface area (Å²) < 4.78 is 52.3. The summed E-state index contributed by atoms with van der Waals surface area (Å²) >= 11 is 0. The smallest absolute Gasteiger partial charge is 0.378 e. The highest BCUT2D eigenvalue weighted by Crippen LogP contribution is 2.35. The number of hydrogen-bond acceptors (Lipinski definition) is 5. The molecule has 0 bridgehead atoms. The average molecular weight is 420 g/mol. The predicted molar refractivity (Wildman–Crippen MR) is 99.8 cm³/mol. The van der Waals surface area contributed by atoms with Crippen molar-refractivity contribution in [2.45, 2.75) is 32.0 Å². The molecule has 1 atom stereocenters. The molecular weight excluding hydrogens is 404 g/mol. The van der Waals surface area contributed by atoms with Crippen molar-refractivity contribution in [3.8, 4) is 11.3 Å². The molecule has 0 aliphatic heterocycles. The maximum atomic E-state index is 14.2. The first-order valence-corrected chi connectivity index (χ1v) is 9.12. The zero-order valence-corrected chi connectivity index (χ0v) is 15.7. The fourth-order valence-electron chi connectivity index (χ4n) is 3.05. The van der Waals surface area contributed by atoms with E-state index in [1.165, 1.54) is 24.7 Å². The zero-order valence-electron chi connectivity index (χ0n) is 15.7. The second kappa shape index (κ2) is 7.28. The molecule has 3 aromatic heterocycles. The van der Waals surface area contributed by atoms with Crippen molar-refractivity contribution in [1.29, 1.82) is 0 Å². The summed E-state index contributed by atoms with van der Waals surface area (Å²) in [7, 11) is 0. The number of carbonyl (C=O) groups is 1. The average Bonchev–Trinajstić information content (AvgIpc) is 3.56. The van der Waals surface area contributed by atoms with E-state index in [1.807, 2.05) is 0 Å². The van der Waals surface area contributed by atoms with Gasteiger partial charge in [-0.25, -0.2) is 4.98 Å². The van der Waals surface area contributed by atoms with Crippen LogP contribution in [0.5, 0.6) is 0 Å². The second-order valence-corrected chi connectivity index (χ2v) is 7.22. The number of aromatic nitrogens is 3. The topological polar surface area (TPSA) is 79.2 Å². The van der Waals surface area contributed by atoms with Gasteiger partial charge >= 0.3 is 6.18 Å². The fraction of sp³-hybridized carbons (Fsp3) is 0.300. The van der Waals surface area contributed by atoms with E-state index in [9.17, 15) is 27.6 Å². The molecule has 1 amide bonds. The van der Waals surface area contributed by atoms with Gasteiger partial charge in [-0.15, -0.1) is 5.12 Å². The summed E-state index contributed by atoms with van der Waals surface area (Å²) in [5, 5.41) is 10.6. The van der Waals surface area contributed by atoms with Crippen LogP contribution in [0.1, 0.15) is 30.2 Å². The van der Waals surface area contributed by atoms with Crippen LogP contribution in [0, 0.1) is 12.8 Å². The summed E-state index contributed by atoms with van der Waals surface area (Å²) in [6.45, 7) is 1.58. The van der Waals surface area contributed by atoms with E-state index in [0.29, 0.717) is 40.4 Å². The Balaban J connectivity index is 1.63. The maximum absolute atomic E-state index is 14.2. The SMILES string of the molecule is Cc1cc([C@H](O)C(F)(F)F)ncc1-c1cc2cnc(N(F)C(=O)C3CC3)cc2cn1. The molecule has 0 spiro atoms. The molecule has 10 heteroatoms. The number of anilines is 1. The van der Waals surface area contributed by atoms with Crippen LogP contribution < -0.4 is 5.12 Å². The number of aliphatic hydroxyl groups excluding tert-OH is 1. The van der Waals surface area contributed by atoms with Crippen LogP contribution in [0.25, 0.3) is 22.0 Å². The Morgan fingerprint density at radius 1 is 1.10 bits per heavy atom. The predicted octanol–water partition coefficient (Wildman–Crippen LogP) is 4.22. The number of fused-ring (bicyclic) bond motifs is 1. The Morgan fingerprint density at radius 3 is 2.40 bits per heavy atom. The molecule has 1 saturated carbocycles. The van der Waals surface area contributed by atoms with E-state index in [0.717, 1.165) is 6.07 Å². The molecule has 1 fully saturated rings. The van der Waals surface area contributed by atoms with Crippen molar-refractivity contribution in [1.82, 2.24) is 15.0 Å². The highest BCUT2D eigenvalue weighted by Gasteiger charge is 2.40. The number of carbonyl (C=O) groups excluding carboxylic acids is 1. The number of alkyl halides is 3. The summed E-state index contributed by atoms with van der Waals surface area (Å²) in [6.07, 6.45) is -2.06. The fourth-order valence-corrected chi connectivity index (χ4v) is 3.05. The molecule has 0 unspecified atom stereocenters. The monoisotopic (exact) mass is 420 g/mol. The minimum absolute atomic E-state index is 0.0454. The van der Waals surface area contributed by atoms with Crippen LogP contribution in [0.3, 0.4) is 0 Å². The van der Waals surface area contributed by atoms with E-state index in [4.69, 9.17) is 0 Å². The van der Waals surface area contributed by atoms with Gasteiger partial charge < -0.3 is 5.11 Å². The lowest BCUT2D eigenvalue weighted by atomic mass is 10.0. The molecule has 0 aromatic carbocycles. The Kier molecular flexibility index (Phi) is 4.89. The first-order valence-electron chi connectivity index (χ1n) is 9.12. The lowest BCUT2D eigenvalue weighted by Crippen LogP contribution is -2.24. The summed E-state index contributed by atoms with van der Waals surface area (Å²) in [5.41, 5.74) is 0.861. The molecule has 4 rings (SSSR count). The van der Waals surface area contributed by atoms with Gasteiger partial charge in [-0.1, -0.05) is 4.48 Å². The van der Waals surface area contributed by atoms with Crippen LogP contribution in [-0.4, -0.2) is 32.1 Å². The quantitative estimate of drug-likeness (QED) is 0.505. The van der Waals surface area contributed by atoms with Crippen molar-refractivity contribution in [2.24, 2.45) is 5.92 Å². The van der Waals surface area contributed by atoms with Crippen LogP contribution in [0.4, 0.5) is 23.5 Å². The molecular formula is C20H16F4N4O2. The Bertz CT molecular complexity index is 1130. The zero-order chi connectivity index (χ0) is 21.6. The summed E-state index contributed by atoms with van der Waals surface area (Å²) in [6, 6.07) is 4.20. The normalized spacial score (nSPS) is 15.3. The van der Waals surface area contributed by atoms with Gasteiger partial charge in [0.25, 0.3) is 5.91 Å². The van der Waals surface area contributed by atoms with Gasteiger partial charge in [0.05, 0.1) is 11.4 Å². The van der Waals surface area contributed by atoms with E-state index in [-0.39, 0.29) is 16.9 Å². The van der Waals surface area contributed by atoms with Gasteiger partial charge in [-0.2, -0.15) is 13.2 Å². The number of hydrogen-bond donors (Lipinski definition) is 1. The molecule has 3 aromatic rings. The van der Waals surface area contributed by atoms with E-state index >= 15 is 0 Å². The highest BCUT2D eigenvalue weighted by atomic mass is 19.4. The van der Waals surface area contributed by atoms with E-state index in [1.54, 1.807) is 13.0 Å². The van der Waals surface area contributed by atoms with E-state index in [2.05, 4.69) is 15.0 Å². The van der Waals surface area contributed by atoms with Crippen LogP contribution >= 0.6 is 0 Å². The van der Waals surface area contributed by atoms with E-state index < -0.39 is 23.9 Å². The first kappa shape index (κ1) is 20.1. The number of aryl methyl sites for hydroxylation is 1. The van der Waals surface area contributed by atoms with Crippen molar-refractivity contribution < 1.29 is 27.6 Å². The van der Waals surface area contributed by atoms with Crippen molar-refractivity contribution >= 4 is 22.5 Å². The Hall–Kier alpha value is -3.14. The molecule has 1 N–H and O–H groups in total. The number of amides is 1. The molecule has 1 aliphatic carbocycles. The maximum Gasteiger partial charge on any atom is 0.420 e. The number of aliphatic hydroxyl groups is 1. The highest BCUT2D eigenvalue weighted by molar-refractivity contribution is 5.95. The number of pyridine rings is 3. The minimum Gasteiger partial charge on any atom is -0.378 e. The van der Waals surface area contributed by atoms with Crippen molar-refractivity contribution in [2.75, 3.05) is 5.12 Å². The third-order valence-electron chi connectivity index (χ3n) is 4.91. The second-order valence-electron chi connectivity index (χ2n) is 7.22. The molecule has 3 heterocycles. The van der Waals surface area contributed by atoms with Gasteiger partial charge in [-0.3, -0.25) is 14.8 Å². The third kappa shape index (κ3) is 3.82. The molecule has 0 radical (unpaired) electrons. The Labute approximate surface area is 168 Å². The van der Waals surface area contributed by atoms with Gasteiger partial charge in [0, 0.05) is 40.8 Å². The standard InChI is InChI=1S/C20H16F4N4O2/c1-10-4-16(18(29)20(21,22)23)26-9-14(10)15-5-12-8-27-17(6-13(12)7-25-15)28(24)19(30)11-2-3-11/h4-9,11,18,29H,2-3H2,1H3/t18-/m0/s1. The summed E-state index contributed by atoms with van der Waals surface area (Å²) in [5.74, 6) is -1.03. The van der Waals surface area contributed by atoms with Crippen molar-refractivity contribution in [3.63, 3.8) is 0 Å². The van der Waals surface area contributed by atoms with Gasteiger partial charge in [0.15, 0.2) is 11.9 Å². The number of halogens is 4. The van der Waals surface area contributed by atoms with Crippen LogP contribution in [0.2, 0.25) is 0 Å².